The van der Waals surface area contributed by atoms with Crippen molar-refractivity contribution >= 4 is 23.2 Å². The van der Waals surface area contributed by atoms with Crippen LogP contribution in [0.5, 0.6) is 0 Å². The van der Waals surface area contributed by atoms with Crippen molar-refractivity contribution in [3.8, 4) is 0 Å². The van der Waals surface area contributed by atoms with Gasteiger partial charge >= 0.3 is 0 Å². The van der Waals surface area contributed by atoms with Gasteiger partial charge in [0.05, 0.1) is 10.1 Å². The number of halogens is 2. The van der Waals surface area contributed by atoms with Crippen LogP contribution in [0.3, 0.4) is 0 Å². The summed E-state index contributed by atoms with van der Waals surface area (Å²) in [6.45, 7) is 3.70. The molecule has 0 fully saturated rings. The van der Waals surface area contributed by atoms with E-state index < -0.39 is 0 Å². The number of rotatable bonds is 1. The Hall–Kier alpha value is 0.1000. The Bertz CT molecular complexity index is 125. The van der Waals surface area contributed by atoms with E-state index in [0.717, 1.165) is 6.42 Å². The normalized spacial score (nSPS) is 8.00. The van der Waals surface area contributed by atoms with Crippen LogP contribution in [0, 0.1) is 0 Å². The van der Waals surface area contributed by atoms with E-state index in [2.05, 4.69) is 5.73 Å². The molecule has 0 nitrogen and oxygen atoms in total. The first-order chi connectivity index (χ1) is 3.66. The maximum absolute atomic E-state index is 5.56. The highest BCUT2D eigenvalue weighted by Gasteiger charge is 1.81. The Balaban J connectivity index is 4.13. The smallest absolute Gasteiger partial charge is 0.0607 e. The first-order valence-corrected chi connectivity index (χ1v) is 3.19. The van der Waals surface area contributed by atoms with Gasteiger partial charge in [0.2, 0.25) is 0 Å². The van der Waals surface area contributed by atoms with Crippen LogP contribution in [0.25, 0.3) is 0 Å². The highest BCUT2D eigenvalue weighted by Crippen LogP contribution is 2.06. The molecular formula is C6H8Cl2. The third-order valence-electron chi connectivity index (χ3n) is 0.618. The quantitative estimate of drug-likeness (QED) is 0.504. The van der Waals surface area contributed by atoms with E-state index in [0.29, 0.717) is 10.1 Å². The predicted molar refractivity (Wildman–Crippen MR) is 38.2 cm³/mol. The lowest BCUT2D eigenvalue weighted by Gasteiger charge is -1.81. The monoisotopic (exact) mass is 150 g/mol. The van der Waals surface area contributed by atoms with E-state index >= 15 is 0 Å². The molecule has 0 aromatic heterocycles. The summed E-state index contributed by atoms with van der Waals surface area (Å²) < 4.78 is 0. The average Bonchev–Trinajstić information content (AvgIpc) is 1.65. The summed E-state index contributed by atoms with van der Waals surface area (Å²) in [5.74, 6) is 0. The first kappa shape index (κ1) is 8.10. The Morgan fingerprint density at radius 3 is 2.12 bits per heavy atom. The second kappa shape index (κ2) is 4.03. The predicted octanol–water partition coefficient (Wildman–Crippen LogP) is 3.26. The fourth-order valence-corrected chi connectivity index (χ4v) is 0.579. The lowest BCUT2D eigenvalue weighted by molar-refractivity contribution is 1.20. The molecule has 46 valence electrons. The van der Waals surface area contributed by atoms with Gasteiger partial charge in [-0.2, -0.15) is 0 Å². The molecule has 0 radical (unpaired) electrons. The van der Waals surface area contributed by atoms with Gasteiger partial charge in [-0.15, -0.1) is 0 Å². The van der Waals surface area contributed by atoms with E-state index in [9.17, 15) is 0 Å². The van der Waals surface area contributed by atoms with Crippen LogP contribution in [0.4, 0.5) is 0 Å². The van der Waals surface area contributed by atoms with Crippen molar-refractivity contribution in [1.29, 1.82) is 0 Å². The largest absolute Gasteiger partial charge is 0.0895 e. The lowest BCUT2D eigenvalue weighted by atomic mass is 10.4. The van der Waals surface area contributed by atoms with E-state index in [1.807, 2.05) is 6.92 Å². The fraction of sp³-hybridized carbons (Fsp3) is 0.500. The van der Waals surface area contributed by atoms with Crippen molar-refractivity contribution in [1.82, 2.24) is 0 Å². The number of hydrogen-bond acceptors (Lipinski definition) is 0. The van der Waals surface area contributed by atoms with Gasteiger partial charge in [-0.1, -0.05) is 35.9 Å². The Kier molecular flexibility index (Phi) is 4.08. The van der Waals surface area contributed by atoms with E-state index in [1.54, 1.807) is 6.92 Å². The van der Waals surface area contributed by atoms with Crippen LogP contribution in [0.2, 0.25) is 0 Å². The Labute approximate surface area is 59.8 Å². The van der Waals surface area contributed by atoms with Crippen LogP contribution in [0.15, 0.2) is 15.8 Å². The Morgan fingerprint density at radius 2 is 2.00 bits per heavy atom. The van der Waals surface area contributed by atoms with Gasteiger partial charge < -0.3 is 0 Å². The molecule has 0 aliphatic rings. The van der Waals surface area contributed by atoms with Crippen molar-refractivity contribution in [2.75, 3.05) is 0 Å². The molecule has 0 spiro atoms. The van der Waals surface area contributed by atoms with Crippen molar-refractivity contribution < 1.29 is 0 Å². The van der Waals surface area contributed by atoms with Crippen LogP contribution in [-0.2, 0) is 0 Å². The molecule has 0 aliphatic heterocycles. The van der Waals surface area contributed by atoms with Crippen molar-refractivity contribution in [3.63, 3.8) is 0 Å². The van der Waals surface area contributed by atoms with Gasteiger partial charge in [-0.25, -0.2) is 0 Å². The third kappa shape index (κ3) is 4.26. The summed E-state index contributed by atoms with van der Waals surface area (Å²) >= 11 is 11.0. The highest BCUT2D eigenvalue weighted by molar-refractivity contribution is 6.32. The molecule has 0 atom stereocenters. The van der Waals surface area contributed by atoms with Crippen LogP contribution >= 0.6 is 23.2 Å². The molecule has 0 amide bonds. The maximum atomic E-state index is 5.56. The zero-order chi connectivity index (χ0) is 6.57. The standard InChI is InChI=1S/C6H8Cl2/c1-3-6(8)4-5(2)7/h3H2,1-2H3. The second-order valence-corrected chi connectivity index (χ2v) is 2.44. The number of allylic oxidation sites excluding steroid dienone is 1. The molecule has 0 aromatic rings. The minimum Gasteiger partial charge on any atom is -0.0895 e. The zero-order valence-corrected chi connectivity index (χ0v) is 6.47. The van der Waals surface area contributed by atoms with Gasteiger partial charge in [-0.05, 0) is 13.3 Å². The van der Waals surface area contributed by atoms with Crippen LogP contribution in [-0.4, -0.2) is 0 Å². The molecule has 0 rings (SSSR count). The third-order valence-corrected chi connectivity index (χ3v) is 1.07. The van der Waals surface area contributed by atoms with E-state index in [-0.39, 0.29) is 0 Å². The molecule has 2 heteroatoms. The molecule has 0 heterocycles. The number of hydrogen-bond donors (Lipinski definition) is 0. The minimum atomic E-state index is 0.608. The second-order valence-electron chi connectivity index (χ2n) is 1.42. The van der Waals surface area contributed by atoms with Gasteiger partial charge in [0.1, 0.15) is 0 Å². The first-order valence-electron chi connectivity index (χ1n) is 2.44. The Morgan fingerprint density at radius 1 is 1.50 bits per heavy atom. The summed E-state index contributed by atoms with van der Waals surface area (Å²) in [5.41, 5.74) is 2.76. The van der Waals surface area contributed by atoms with Gasteiger partial charge in [0, 0.05) is 0 Å². The SMILES string of the molecule is CCC(Cl)=C=C(C)Cl. The summed E-state index contributed by atoms with van der Waals surface area (Å²) in [7, 11) is 0. The average molecular weight is 151 g/mol. The molecule has 0 saturated carbocycles. The fourth-order valence-electron chi connectivity index (χ4n) is 0.275. The molecule has 0 unspecified atom stereocenters. The van der Waals surface area contributed by atoms with Gasteiger partial charge in [0.25, 0.3) is 0 Å². The molecule has 0 aromatic carbocycles. The van der Waals surface area contributed by atoms with Gasteiger partial charge in [-0.3, -0.25) is 0 Å². The summed E-state index contributed by atoms with van der Waals surface area (Å²) in [5, 5.41) is 1.29. The molecule has 0 saturated heterocycles. The molecular weight excluding hydrogens is 143 g/mol. The molecule has 0 bridgehead atoms. The maximum Gasteiger partial charge on any atom is 0.0607 e. The minimum absolute atomic E-state index is 0.608. The summed E-state index contributed by atoms with van der Waals surface area (Å²) in [6.07, 6.45) is 0.797. The van der Waals surface area contributed by atoms with Gasteiger partial charge in [0.15, 0.2) is 0 Å². The van der Waals surface area contributed by atoms with Crippen molar-refractivity contribution in [3.05, 3.63) is 15.8 Å². The van der Waals surface area contributed by atoms with E-state index in [4.69, 9.17) is 23.2 Å². The topological polar surface area (TPSA) is 0 Å². The molecule has 8 heavy (non-hydrogen) atoms. The van der Waals surface area contributed by atoms with Crippen LogP contribution in [0.1, 0.15) is 20.3 Å². The zero-order valence-electron chi connectivity index (χ0n) is 4.96. The summed E-state index contributed by atoms with van der Waals surface area (Å²) in [6, 6.07) is 0. The lowest BCUT2D eigenvalue weighted by Crippen LogP contribution is -1.60. The molecule has 0 N–H and O–H groups in total. The summed E-state index contributed by atoms with van der Waals surface area (Å²) in [4.78, 5) is 0. The highest BCUT2D eigenvalue weighted by atomic mass is 35.5. The van der Waals surface area contributed by atoms with E-state index in [1.165, 1.54) is 0 Å². The molecule has 0 aliphatic carbocycles. The van der Waals surface area contributed by atoms with Crippen molar-refractivity contribution in [2.45, 2.75) is 20.3 Å². The van der Waals surface area contributed by atoms with Crippen molar-refractivity contribution in [2.24, 2.45) is 0 Å². The van der Waals surface area contributed by atoms with Crippen LogP contribution < -0.4 is 0 Å².